The summed E-state index contributed by atoms with van der Waals surface area (Å²) in [6.45, 7) is 3.89. The molecule has 0 aromatic heterocycles. The number of nitrogens with one attached hydrogen (secondary N) is 2. The molecular weight excluding hydrogens is 324 g/mol. The van der Waals surface area contributed by atoms with Gasteiger partial charge in [0.1, 0.15) is 5.75 Å². The summed E-state index contributed by atoms with van der Waals surface area (Å²) in [5, 5.41) is 6.20. The molecular formula is C14H19BrN2O3. The van der Waals surface area contributed by atoms with Crippen molar-refractivity contribution in [3.63, 3.8) is 0 Å². The summed E-state index contributed by atoms with van der Waals surface area (Å²) in [7, 11) is 1.61. The fourth-order valence-electron chi connectivity index (χ4n) is 2.26. The van der Waals surface area contributed by atoms with Gasteiger partial charge in [-0.3, -0.25) is 4.79 Å². The van der Waals surface area contributed by atoms with Crippen molar-refractivity contribution in [3.05, 3.63) is 22.7 Å². The normalized spacial score (nSPS) is 21.8. The second kappa shape index (κ2) is 7.06. The van der Waals surface area contributed by atoms with Crippen molar-refractivity contribution in [2.75, 3.05) is 32.2 Å². The molecule has 6 heteroatoms. The van der Waals surface area contributed by atoms with E-state index in [9.17, 15) is 4.79 Å². The van der Waals surface area contributed by atoms with Crippen LogP contribution < -0.4 is 15.4 Å². The summed E-state index contributed by atoms with van der Waals surface area (Å²) in [5.74, 6) is 0.555. The molecule has 2 atom stereocenters. The minimum absolute atomic E-state index is 0.0227. The van der Waals surface area contributed by atoms with E-state index in [-0.39, 0.29) is 17.9 Å². The zero-order valence-electron chi connectivity index (χ0n) is 11.6. The van der Waals surface area contributed by atoms with Gasteiger partial charge in [0.15, 0.2) is 0 Å². The van der Waals surface area contributed by atoms with E-state index in [4.69, 9.17) is 9.47 Å². The van der Waals surface area contributed by atoms with Crippen LogP contribution in [0.2, 0.25) is 0 Å². The van der Waals surface area contributed by atoms with E-state index in [1.165, 1.54) is 0 Å². The number of ether oxygens (including phenoxy) is 2. The Kier molecular flexibility index (Phi) is 5.39. The second-order valence-electron chi connectivity index (χ2n) is 4.65. The smallest absolute Gasteiger partial charge is 0.231 e. The average Bonchev–Trinajstić information content (AvgIpc) is 2.88. The number of hydrogen-bond donors (Lipinski definition) is 2. The third-order valence-corrected chi connectivity index (χ3v) is 3.92. The van der Waals surface area contributed by atoms with Crippen LogP contribution in [0.3, 0.4) is 0 Å². The van der Waals surface area contributed by atoms with Crippen LogP contribution in [0.25, 0.3) is 0 Å². The minimum atomic E-state index is -0.157. The van der Waals surface area contributed by atoms with Gasteiger partial charge in [-0.15, -0.1) is 0 Å². The fraction of sp³-hybridized carbons (Fsp3) is 0.500. The summed E-state index contributed by atoms with van der Waals surface area (Å²) in [6.07, 6.45) is 0. The van der Waals surface area contributed by atoms with Gasteiger partial charge < -0.3 is 20.1 Å². The lowest BCUT2D eigenvalue weighted by Crippen LogP contribution is -2.41. The van der Waals surface area contributed by atoms with Crippen LogP contribution in [-0.4, -0.2) is 38.8 Å². The topological polar surface area (TPSA) is 59.6 Å². The third kappa shape index (κ3) is 3.50. The number of carbonyl (C=O) groups is 1. The molecule has 110 valence electrons. The minimum Gasteiger partial charge on any atom is -0.496 e. The molecule has 1 saturated heterocycles. The Bertz CT molecular complexity index is 481. The van der Waals surface area contributed by atoms with Gasteiger partial charge in [-0.25, -0.2) is 0 Å². The van der Waals surface area contributed by atoms with Crippen LogP contribution in [0.4, 0.5) is 5.69 Å². The summed E-state index contributed by atoms with van der Waals surface area (Å²) in [5.41, 5.74) is 0.741. The van der Waals surface area contributed by atoms with E-state index >= 15 is 0 Å². The van der Waals surface area contributed by atoms with Gasteiger partial charge in [-0.2, -0.15) is 0 Å². The maximum Gasteiger partial charge on any atom is 0.231 e. The number of rotatable bonds is 5. The Morgan fingerprint density at radius 2 is 2.30 bits per heavy atom. The van der Waals surface area contributed by atoms with Gasteiger partial charge in [-0.1, -0.05) is 6.92 Å². The number of benzene rings is 1. The quantitative estimate of drug-likeness (QED) is 0.859. The highest BCUT2D eigenvalue weighted by atomic mass is 79.9. The molecule has 1 fully saturated rings. The van der Waals surface area contributed by atoms with E-state index in [0.29, 0.717) is 13.2 Å². The summed E-state index contributed by atoms with van der Waals surface area (Å²) in [6, 6.07) is 5.54. The van der Waals surface area contributed by atoms with Crippen molar-refractivity contribution in [1.82, 2.24) is 5.32 Å². The molecule has 1 aliphatic rings. The van der Waals surface area contributed by atoms with Crippen LogP contribution in [0.1, 0.15) is 6.92 Å². The van der Waals surface area contributed by atoms with Gasteiger partial charge in [0.25, 0.3) is 0 Å². The molecule has 0 saturated carbocycles. The zero-order chi connectivity index (χ0) is 14.5. The molecule has 5 nitrogen and oxygen atoms in total. The van der Waals surface area contributed by atoms with Crippen molar-refractivity contribution in [1.29, 1.82) is 0 Å². The Morgan fingerprint density at radius 3 is 2.95 bits per heavy atom. The molecule has 20 heavy (non-hydrogen) atoms. The first-order valence-electron chi connectivity index (χ1n) is 6.61. The van der Waals surface area contributed by atoms with Crippen LogP contribution in [0.5, 0.6) is 5.75 Å². The fourth-order valence-corrected chi connectivity index (χ4v) is 2.80. The number of methoxy groups -OCH3 is 1. The monoisotopic (exact) mass is 342 g/mol. The number of amides is 1. The first-order valence-corrected chi connectivity index (χ1v) is 7.40. The molecule has 1 aliphatic heterocycles. The predicted molar refractivity (Wildman–Crippen MR) is 81.1 cm³/mol. The number of hydrogen-bond acceptors (Lipinski definition) is 4. The number of carbonyl (C=O) groups excluding carboxylic acids is 1. The largest absolute Gasteiger partial charge is 0.496 e. The van der Waals surface area contributed by atoms with Crippen LogP contribution in [0, 0.1) is 5.92 Å². The molecule has 2 unspecified atom stereocenters. The molecule has 0 spiro atoms. The molecule has 1 heterocycles. The van der Waals surface area contributed by atoms with Crippen molar-refractivity contribution in [3.8, 4) is 5.75 Å². The lowest BCUT2D eigenvalue weighted by molar-refractivity contribution is -0.120. The number of anilines is 1. The molecule has 1 amide bonds. The van der Waals surface area contributed by atoms with E-state index in [1.807, 2.05) is 25.1 Å². The standard InChI is InChI=1S/C14H19BrN2O3/c1-3-16-12-8-20-7-10(12)14(18)17-9-4-5-13(19-2)11(15)6-9/h4-6,10,12,16H,3,7-8H2,1-2H3,(H,17,18). The lowest BCUT2D eigenvalue weighted by atomic mass is 10.0. The third-order valence-electron chi connectivity index (χ3n) is 3.30. The van der Waals surface area contributed by atoms with Gasteiger partial charge in [0.2, 0.25) is 5.91 Å². The first-order chi connectivity index (χ1) is 9.65. The predicted octanol–water partition coefficient (Wildman–Crippen LogP) is 2.02. The van der Waals surface area contributed by atoms with Gasteiger partial charge in [-0.05, 0) is 40.7 Å². The lowest BCUT2D eigenvalue weighted by Gasteiger charge is -2.18. The van der Waals surface area contributed by atoms with E-state index in [0.717, 1.165) is 22.5 Å². The van der Waals surface area contributed by atoms with E-state index in [1.54, 1.807) is 7.11 Å². The molecule has 1 aromatic rings. The van der Waals surface area contributed by atoms with Crippen LogP contribution in [-0.2, 0) is 9.53 Å². The van der Waals surface area contributed by atoms with Crippen molar-refractivity contribution < 1.29 is 14.3 Å². The van der Waals surface area contributed by atoms with Crippen molar-refractivity contribution in [2.24, 2.45) is 5.92 Å². The second-order valence-corrected chi connectivity index (χ2v) is 5.50. The average molecular weight is 343 g/mol. The summed E-state index contributed by atoms with van der Waals surface area (Å²) < 4.78 is 11.4. The highest BCUT2D eigenvalue weighted by Gasteiger charge is 2.33. The zero-order valence-corrected chi connectivity index (χ0v) is 13.2. The first kappa shape index (κ1) is 15.3. The molecule has 2 N–H and O–H groups in total. The van der Waals surface area contributed by atoms with Gasteiger partial charge in [0, 0.05) is 11.7 Å². The summed E-state index contributed by atoms with van der Waals surface area (Å²) in [4.78, 5) is 12.3. The maximum absolute atomic E-state index is 12.3. The van der Waals surface area contributed by atoms with Gasteiger partial charge in [0.05, 0.1) is 30.7 Å². The Labute approximate surface area is 127 Å². The molecule has 0 aliphatic carbocycles. The number of likely N-dealkylation sites (N-methyl/N-ethyl adjacent to an activating group) is 1. The Morgan fingerprint density at radius 1 is 1.50 bits per heavy atom. The summed E-state index contributed by atoms with van der Waals surface area (Å²) >= 11 is 3.40. The van der Waals surface area contributed by atoms with Crippen molar-refractivity contribution >= 4 is 27.5 Å². The maximum atomic E-state index is 12.3. The highest BCUT2D eigenvalue weighted by Crippen LogP contribution is 2.28. The SMILES string of the molecule is CCNC1COCC1C(=O)Nc1ccc(OC)c(Br)c1. The molecule has 2 rings (SSSR count). The van der Waals surface area contributed by atoms with Crippen LogP contribution >= 0.6 is 15.9 Å². The Hall–Kier alpha value is -1.11. The molecule has 0 radical (unpaired) electrons. The molecule has 0 bridgehead atoms. The van der Waals surface area contributed by atoms with Crippen LogP contribution in [0.15, 0.2) is 22.7 Å². The highest BCUT2D eigenvalue weighted by molar-refractivity contribution is 9.10. The molecule has 1 aromatic carbocycles. The van der Waals surface area contributed by atoms with E-state index < -0.39 is 0 Å². The Balaban J connectivity index is 2.02. The van der Waals surface area contributed by atoms with Crippen molar-refractivity contribution in [2.45, 2.75) is 13.0 Å². The van der Waals surface area contributed by atoms with Gasteiger partial charge >= 0.3 is 0 Å². The van der Waals surface area contributed by atoms with E-state index in [2.05, 4.69) is 26.6 Å². The number of halogens is 1.